The summed E-state index contributed by atoms with van der Waals surface area (Å²) in [7, 11) is 0. The standard InChI is InChI=1S/C19H16Cl2N4O/c1-2-12-6-3-4-9-15(12)23-18(26)16-10-11-22-19(24-16)25-17-13(20)7-5-8-14(17)21/h3-11H,2H2,1H3,(H,23,26)(H,22,24,25). The summed E-state index contributed by atoms with van der Waals surface area (Å²) in [6.07, 6.45) is 2.32. The molecule has 1 heterocycles. The Hall–Kier alpha value is -2.63. The number of carbonyl (C=O) groups excluding carboxylic acids is 1. The molecule has 0 bridgehead atoms. The fourth-order valence-electron chi connectivity index (χ4n) is 2.41. The number of nitrogens with zero attached hydrogens (tertiary/aromatic N) is 2. The molecule has 2 N–H and O–H groups in total. The van der Waals surface area contributed by atoms with Crippen LogP contribution in [0.15, 0.2) is 54.7 Å². The van der Waals surface area contributed by atoms with E-state index in [9.17, 15) is 4.79 Å². The molecule has 0 unspecified atom stereocenters. The normalized spacial score (nSPS) is 10.4. The molecule has 0 aliphatic carbocycles. The monoisotopic (exact) mass is 386 g/mol. The van der Waals surface area contributed by atoms with Gasteiger partial charge in [-0.3, -0.25) is 4.79 Å². The van der Waals surface area contributed by atoms with Crippen LogP contribution in [-0.2, 0) is 6.42 Å². The number of hydrogen-bond acceptors (Lipinski definition) is 4. The number of aromatic nitrogens is 2. The van der Waals surface area contributed by atoms with Crippen LogP contribution >= 0.6 is 23.2 Å². The van der Waals surface area contributed by atoms with Gasteiger partial charge in [-0.05, 0) is 36.2 Å². The second-order valence-electron chi connectivity index (χ2n) is 5.45. The Morgan fingerprint density at radius 3 is 2.50 bits per heavy atom. The van der Waals surface area contributed by atoms with Crippen LogP contribution in [0.3, 0.4) is 0 Å². The summed E-state index contributed by atoms with van der Waals surface area (Å²) >= 11 is 12.3. The van der Waals surface area contributed by atoms with Gasteiger partial charge in [0, 0.05) is 11.9 Å². The molecule has 0 saturated heterocycles. The highest BCUT2D eigenvalue weighted by Gasteiger charge is 2.12. The van der Waals surface area contributed by atoms with Gasteiger partial charge in [-0.1, -0.05) is 54.4 Å². The maximum absolute atomic E-state index is 12.5. The van der Waals surface area contributed by atoms with Crippen LogP contribution in [0.1, 0.15) is 23.0 Å². The average Bonchev–Trinajstić information content (AvgIpc) is 2.65. The lowest BCUT2D eigenvalue weighted by molar-refractivity contribution is 0.102. The van der Waals surface area contributed by atoms with E-state index in [0.717, 1.165) is 17.7 Å². The Kier molecular flexibility index (Phi) is 5.71. The Bertz CT molecular complexity index is 926. The maximum atomic E-state index is 12.5. The van der Waals surface area contributed by atoms with E-state index in [1.165, 1.54) is 6.20 Å². The molecule has 0 radical (unpaired) electrons. The fraction of sp³-hybridized carbons (Fsp3) is 0.105. The smallest absolute Gasteiger partial charge is 0.274 e. The number of nitrogens with one attached hydrogen (secondary N) is 2. The van der Waals surface area contributed by atoms with Crippen LogP contribution in [0.5, 0.6) is 0 Å². The number of carbonyl (C=O) groups is 1. The number of aryl methyl sites for hydroxylation is 1. The van der Waals surface area contributed by atoms with Gasteiger partial charge in [0.05, 0.1) is 15.7 Å². The number of anilines is 3. The molecule has 3 rings (SSSR count). The van der Waals surface area contributed by atoms with Gasteiger partial charge in [0.25, 0.3) is 5.91 Å². The zero-order valence-electron chi connectivity index (χ0n) is 14.0. The number of hydrogen-bond donors (Lipinski definition) is 2. The molecule has 0 aliphatic rings. The molecule has 0 atom stereocenters. The zero-order chi connectivity index (χ0) is 18.5. The van der Waals surface area contributed by atoms with E-state index in [1.807, 2.05) is 31.2 Å². The highest BCUT2D eigenvalue weighted by molar-refractivity contribution is 6.39. The Labute approximate surface area is 161 Å². The van der Waals surface area contributed by atoms with Gasteiger partial charge < -0.3 is 10.6 Å². The van der Waals surface area contributed by atoms with E-state index in [-0.39, 0.29) is 17.5 Å². The number of halogens is 2. The van der Waals surface area contributed by atoms with Gasteiger partial charge in [-0.2, -0.15) is 0 Å². The van der Waals surface area contributed by atoms with Gasteiger partial charge in [0.15, 0.2) is 0 Å². The molecule has 26 heavy (non-hydrogen) atoms. The Balaban J connectivity index is 1.82. The summed E-state index contributed by atoms with van der Waals surface area (Å²) < 4.78 is 0. The minimum absolute atomic E-state index is 0.233. The molecule has 5 nitrogen and oxygen atoms in total. The van der Waals surface area contributed by atoms with E-state index in [2.05, 4.69) is 20.6 Å². The van der Waals surface area contributed by atoms with Crippen LogP contribution < -0.4 is 10.6 Å². The van der Waals surface area contributed by atoms with E-state index in [4.69, 9.17) is 23.2 Å². The van der Waals surface area contributed by atoms with Crippen molar-refractivity contribution in [2.45, 2.75) is 13.3 Å². The molecule has 0 aliphatic heterocycles. The van der Waals surface area contributed by atoms with E-state index in [1.54, 1.807) is 24.3 Å². The molecule has 3 aromatic rings. The predicted molar refractivity (Wildman–Crippen MR) is 106 cm³/mol. The summed E-state index contributed by atoms with van der Waals surface area (Å²) in [6.45, 7) is 2.03. The van der Waals surface area contributed by atoms with E-state index < -0.39 is 0 Å². The highest BCUT2D eigenvalue weighted by atomic mass is 35.5. The van der Waals surface area contributed by atoms with Crippen molar-refractivity contribution < 1.29 is 4.79 Å². The van der Waals surface area contributed by atoms with E-state index in [0.29, 0.717) is 15.7 Å². The second-order valence-corrected chi connectivity index (χ2v) is 6.27. The van der Waals surface area contributed by atoms with Crippen molar-refractivity contribution in [2.75, 3.05) is 10.6 Å². The molecular formula is C19H16Cl2N4O. The largest absolute Gasteiger partial charge is 0.322 e. The summed E-state index contributed by atoms with van der Waals surface area (Å²) in [4.78, 5) is 20.9. The predicted octanol–water partition coefficient (Wildman–Crippen LogP) is 5.34. The fourth-order valence-corrected chi connectivity index (χ4v) is 2.90. The molecule has 7 heteroatoms. The molecule has 0 spiro atoms. The molecule has 0 saturated carbocycles. The first-order valence-electron chi connectivity index (χ1n) is 8.02. The molecule has 1 amide bonds. The Morgan fingerprint density at radius 1 is 1.04 bits per heavy atom. The summed E-state index contributed by atoms with van der Waals surface area (Å²) in [5.41, 5.74) is 2.54. The van der Waals surface area contributed by atoms with Gasteiger partial charge in [-0.15, -0.1) is 0 Å². The van der Waals surface area contributed by atoms with E-state index >= 15 is 0 Å². The van der Waals surface area contributed by atoms with Crippen LogP contribution in [0.25, 0.3) is 0 Å². The lowest BCUT2D eigenvalue weighted by Gasteiger charge is -2.11. The van der Waals surface area contributed by atoms with Crippen LogP contribution in [0.2, 0.25) is 10.0 Å². The Morgan fingerprint density at radius 2 is 1.77 bits per heavy atom. The molecule has 0 fully saturated rings. The third-order valence-electron chi connectivity index (χ3n) is 3.73. The molecule has 132 valence electrons. The third-order valence-corrected chi connectivity index (χ3v) is 4.36. The van der Waals surface area contributed by atoms with Crippen molar-refractivity contribution in [3.8, 4) is 0 Å². The number of benzene rings is 2. The van der Waals surface area contributed by atoms with Crippen molar-refractivity contribution in [2.24, 2.45) is 0 Å². The van der Waals surface area contributed by atoms with Gasteiger partial charge >= 0.3 is 0 Å². The van der Waals surface area contributed by atoms with Crippen LogP contribution in [0.4, 0.5) is 17.3 Å². The van der Waals surface area contributed by atoms with Crippen molar-refractivity contribution >= 4 is 46.4 Å². The van der Waals surface area contributed by atoms with Gasteiger partial charge in [0.2, 0.25) is 5.95 Å². The quantitative estimate of drug-likeness (QED) is 0.620. The van der Waals surface area contributed by atoms with Crippen molar-refractivity contribution in [3.05, 3.63) is 76.0 Å². The first-order chi connectivity index (χ1) is 12.6. The van der Waals surface area contributed by atoms with Crippen molar-refractivity contribution in [1.29, 1.82) is 0 Å². The third kappa shape index (κ3) is 4.12. The summed E-state index contributed by atoms with van der Waals surface area (Å²) in [6, 6.07) is 14.3. The van der Waals surface area contributed by atoms with Gasteiger partial charge in [0.1, 0.15) is 5.69 Å². The average molecular weight is 387 g/mol. The first kappa shape index (κ1) is 18.2. The lowest BCUT2D eigenvalue weighted by Crippen LogP contribution is -2.15. The number of amides is 1. The molecular weight excluding hydrogens is 371 g/mol. The zero-order valence-corrected chi connectivity index (χ0v) is 15.5. The maximum Gasteiger partial charge on any atom is 0.274 e. The first-order valence-corrected chi connectivity index (χ1v) is 8.77. The highest BCUT2D eigenvalue weighted by Crippen LogP contribution is 2.31. The molecule has 2 aromatic carbocycles. The van der Waals surface area contributed by atoms with Crippen LogP contribution in [-0.4, -0.2) is 15.9 Å². The minimum Gasteiger partial charge on any atom is -0.322 e. The number of para-hydroxylation sites is 2. The van der Waals surface area contributed by atoms with Crippen LogP contribution in [0, 0.1) is 0 Å². The minimum atomic E-state index is -0.318. The summed E-state index contributed by atoms with van der Waals surface area (Å²) in [5.74, 6) is -0.0852. The summed E-state index contributed by atoms with van der Waals surface area (Å²) in [5, 5.41) is 6.71. The lowest BCUT2D eigenvalue weighted by atomic mass is 10.1. The second kappa shape index (κ2) is 8.17. The SMILES string of the molecule is CCc1ccccc1NC(=O)c1ccnc(Nc2c(Cl)cccc2Cl)n1. The van der Waals surface area contributed by atoms with Gasteiger partial charge in [-0.25, -0.2) is 9.97 Å². The van der Waals surface area contributed by atoms with Crippen molar-refractivity contribution in [3.63, 3.8) is 0 Å². The topological polar surface area (TPSA) is 66.9 Å². The van der Waals surface area contributed by atoms with Crippen molar-refractivity contribution in [1.82, 2.24) is 9.97 Å². The number of rotatable bonds is 5. The molecule has 1 aromatic heterocycles.